The van der Waals surface area contributed by atoms with Gasteiger partial charge in [-0.1, -0.05) is 24.3 Å². The van der Waals surface area contributed by atoms with Crippen LogP contribution in [0.1, 0.15) is 17.5 Å². The molecule has 1 aliphatic rings. The first-order chi connectivity index (χ1) is 10.5. The van der Waals surface area contributed by atoms with Crippen LogP contribution in [0.2, 0.25) is 0 Å². The molecule has 0 fully saturated rings. The van der Waals surface area contributed by atoms with Gasteiger partial charge in [-0.25, -0.2) is 8.42 Å². The van der Waals surface area contributed by atoms with Crippen LogP contribution in [0, 0.1) is 0 Å². The Morgan fingerprint density at radius 2 is 2.00 bits per heavy atom. The first-order valence-electron chi connectivity index (χ1n) is 6.81. The minimum Gasteiger partial charge on any atom is -0.481 e. The van der Waals surface area contributed by atoms with Gasteiger partial charge in [0.05, 0.1) is 11.3 Å². The van der Waals surface area contributed by atoms with Crippen LogP contribution in [0.4, 0.5) is 0 Å². The van der Waals surface area contributed by atoms with Gasteiger partial charge < -0.3 is 5.11 Å². The van der Waals surface area contributed by atoms with E-state index in [-0.39, 0.29) is 17.9 Å². The molecule has 22 heavy (non-hydrogen) atoms. The molecule has 1 aromatic carbocycles. The van der Waals surface area contributed by atoms with Crippen LogP contribution in [0.5, 0.6) is 0 Å². The highest BCUT2D eigenvalue weighted by molar-refractivity contribution is 7.89. The minimum absolute atomic E-state index is 0.197. The molecule has 116 valence electrons. The number of carbonyl (C=O) groups is 1. The molecule has 1 aromatic heterocycles. The van der Waals surface area contributed by atoms with Gasteiger partial charge in [0.1, 0.15) is 0 Å². The van der Waals surface area contributed by atoms with Crippen molar-refractivity contribution in [2.24, 2.45) is 0 Å². The van der Waals surface area contributed by atoms with E-state index in [9.17, 15) is 13.2 Å². The average Bonchev–Trinajstić information content (AvgIpc) is 3.00. The Kier molecular flexibility index (Phi) is 4.03. The number of carboxylic acid groups (broad SMARTS) is 1. The van der Waals surface area contributed by atoms with Crippen molar-refractivity contribution >= 4 is 27.3 Å². The zero-order chi connectivity index (χ0) is 15.7. The Morgan fingerprint density at radius 1 is 1.27 bits per heavy atom. The van der Waals surface area contributed by atoms with E-state index in [1.165, 1.54) is 15.6 Å². The van der Waals surface area contributed by atoms with Gasteiger partial charge in [-0.05, 0) is 29.0 Å². The van der Waals surface area contributed by atoms with Crippen LogP contribution in [-0.2, 0) is 27.8 Å². The van der Waals surface area contributed by atoms with Gasteiger partial charge in [0.2, 0.25) is 10.0 Å². The minimum atomic E-state index is -3.68. The van der Waals surface area contributed by atoms with E-state index in [0.717, 1.165) is 11.1 Å². The van der Waals surface area contributed by atoms with E-state index in [2.05, 4.69) is 0 Å². The Balaban J connectivity index is 2.02. The lowest BCUT2D eigenvalue weighted by Crippen LogP contribution is -2.45. The van der Waals surface area contributed by atoms with Crippen LogP contribution in [0.15, 0.2) is 46.0 Å². The third kappa shape index (κ3) is 2.79. The van der Waals surface area contributed by atoms with E-state index in [4.69, 9.17) is 5.11 Å². The van der Waals surface area contributed by atoms with Crippen molar-refractivity contribution in [3.05, 3.63) is 52.2 Å². The summed E-state index contributed by atoms with van der Waals surface area (Å²) in [6.45, 7) is 0.215. The van der Waals surface area contributed by atoms with Crippen molar-refractivity contribution in [2.75, 3.05) is 0 Å². The van der Waals surface area contributed by atoms with Gasteiger partial charge in [0.15, 0.2) is 0 Å². The molecule has 0 spiro atoms. The molecule has 7 heteroatoms. The predicted molar refractivity (Wildman–Crippen MR) is 83.2 cm³/mol. The first-order valence-corrected chi connectivity index (χ1v) is 9.19. The predicted octanol–water partition coefficient (Wildman–Crippen LogP) is 2.34. The standard InChI is InChI=1S/C15H15NO4S2/c17-15(18)8-13-7-11-3-1-2-4-12(11)9-16(13)22(19,20)14-5-6-21-10-14/h1-6,10,13H,7-9H2,(H,17,18)/t13-/m0/s1. The summed E-state index contributed by atoms with van der Waals surface area (Å²) in [5, 5.41) is 12.4. The quantitative estimate of drug-likeness (QED) is 0.929. The maximum atomic E-state index is 12.8. The Morgan fingerprint density at radius 3 is 2.64 bits per heavy atom. The largest absolute Gasteiger partial charge is 0.481 e. The van der Waals surface area contributed by atoms with E-state index in [1.807, 2.05) is 24.3 Å². The molecule has 0 bridgehead atoms. The number of fused-ring (bicyclic) bond motifs is 1. The van der Waals surface area contributed by atoms with Crippen LogP contribution in [-0.4, -0.2) is 29.8 Å². The van der Waals surface area contributed by atoms with Crippen molar-refractivity contribution in [1.82, 2.24) is 4.31 Å². The molecule has 0 amide bonds. The third-order valence-corrected chi connectivity index (χ3v) is 6.55. The van der Waals surface area contributed by atoms with Crippen molar-refractivity contribution in [2.45, 2.75) is 30.3 Å². The van der Waals surface area contributed by atoms with Crippen molar-refractivity contribution in [3.8, 4) is 0 Å². The summed E-state index contributed by atoms with van der Waals surface area (Å²) in [5.41, 5.74) is 1.95. The monoisotopic (exact) mass is 337 g/mol. The first kappa shape index (κ1) is 15.2. The number of nitrogens with zero attached hydrogens (tertiary/aromatic N) is 1. The maximum Gasteiger partial charge on any atom is 0.304 e. The summed E-state index contributed by atoms with van der Waals surface area (Å²) in [5.74, 6) is -0.991. The molecule has 5 nitrogen and oxygen atoms in total. The van der Waals surface area contributed by atoms with E-state index in [1.54, 1.807) is 16.8 Å². The third-order valence-electron chi connectivity index (χ3n) is 3.82. The number of sulfonamides is 1. The molecule has 2 heterocycles. The summed E-state index contributed by atoms with van der Waals surface area (Å²) in [6.07, 6.45) is 0.226. The Bertz CT molecular complexity index is 784. The van der Waals surface area contributed by atoms with Gasteiger partial charge in [-0.3, -0.25) is 4.79 Å². The van der Waals surface area contributed by atoms with E-state index < -0.39 is 22.0 Å². The fourth-order valence-corrected chi connectivity index (χ4v) is 5.37. The van der Waals surface area contributed by atoms with Gasteiger partial charge in [0, 0.05) is 18.0 Å². The average molecular weight is 337 g/mol. The lowest BCUT2D eigenvalue weighted by molar-refractivity contribution is -0.138. The van der Waals surface area contributed by atoms with Gasteiger partial charge in [-0.15, -0.1) is 0 Å². The van der Waals surface area contributed by atoms with Gasteiger partial charge in [0.25, 0.3) is 0 Å². The molecule has 1 aliphatic heterocycles. The summed E-state index contributed by atoms with van der Waals surface area (Å²) in [4.78, 5) is 11.3. The van der Waals surface area contributed by atoms with E-state index >= 15 is 0 Å². The molecule has 0 aliphatic carbocycles. The number of aliphatic carboxylic acids is 1. The second kappa shape index (κ2) is 5.83. The van der Waals surface area contributed by atoms with Crippen molar-refractivity contribution < 1.29 is 18.3 Å². The molecule has 1 N–H and O–H groups in total. The Hall–Kier alpha value is -1.70. The molecule has 3 rings (SSSR count). The van der Waals surface area contributed by atoms with Crippen LogP contribution >= 0.6 is 11.3 Å². The molecule has 2 aromatic rings. The second-order valence-electron chi connectivity index (χ2n) is 5.23. The number of benzene rings is 1. The number of rotatable bonds is 4. The van der Waals surface area contributed by atoms with Crippen LogP contribution < -0.4 is 0 Å². The lowest BCUT2D eigenvalue weighted by atomic mass is 9.94. The highest BCUT2D eigenvalue weighted by Gasteiger charge is 2.36. The molecule has 0 radical (unpaired) electrons. The number of carboxylic acids is 1. The van der Waals surface area contributed by atoms with Crippen LogP contribution in [0.25, 0.3) is 0 Å². The molecule has 1 atom stereocenters. The topological polar surface area (TPSA) is 74.7 Å². The molecular weight excluding hydrogens is 322 g/mol. The maximum absolute atomic E-state index is 12.8. The summed E-state index contributed by atoms with van der Waals surface area (Å²) < 4.78 is 26.9. The number of hydrogen-bond acceptors (Lipinski definition) is 4. The fourth-order valence-electron chi connectivity index (χ4n) is 2.75. The number of thiophene rings is 1. The summed E-state index contributed by atoms with van der Waals surface area (Å²) in [6, 6.07) is 8.57. The zero-order valence-corrected chi connectivity index (χ0v) is 13.3. The van der Waals surface area contributed by atoms with Crippen molar-refractivity contribution in [1.29, 1.82) is 0 Å². The van der Waals surface area contributed by atoms with E-state index in [0.29, 0.717) is 6.42 Å². The summed E-state index contributed by atoms with van der Waals surface area (Å²) in [7, 11) is -3.68. The van der Waals surface area contributed by atoms with Crippen LogP contribution in [0.3, 0.4) is 0 Å². The molecule has 0 saturated carbocycles. The molecular formula is C15H15NO4S2. The van der Waals surface area contributed by atoms with Gasteiger partial charge in [-0.2, -0.15) is 15.6 Å². The SMILES string of the molecule is O=C(O)C[C@@H]1Cc2ccccc2CN1S(=O)(=O)c1ccsc1. The zero-order valence-electron chi connectivity index (χ0n) is 11.7. The molecule has 0 saturated heterocycles. The number of hydrogen-bond donors (Lipinski definition) is 1. The smallest absolute Gasteiger partial charge is 0.304 e. The molecule has 0 unspecified atom stereocenters. The second-order valence-corrected chi connectivity index (χ2v) is 7.90. The Labute approximate surface area is 132 Å². The van der Waals surface area contributed by atoms with Gasteiger partial charge >= 0.3 is 5.97 Å². The highest BCUT2D eigenvalue weighted by Crippen LogP contribution is 2.31. The normalized spacial score (nSPS) is 18.8. The summed E-state index contributed by atoms with van der Waals surface area (Å²) >= 11 is 1.31. The lowest BCUT2D eigenvalue weighted by Gasteiger charge is -2.35. The highest BCUT2D eigenvalue weighted by atomic mass is 32.2. The fraction of sp³-hybridized carbons (Fsp3) is 0.267. The van der Waals surface area contributed by atoms with Crippen molar-refractivity contribution in [3.63, 3.8) is 0 Å².